The Morgan fingerprint density at radius 1 is 1.10 bits per heavy atom. The van der Waals surface area contributed by atoms with E-state index in [4.69, 9.17) is 4.74 Å². The predicted octanol–water partition coefficient (Wildman–Crippen LogP) is 3.73. The van der Waals surface area contributed by atoms with Crippen LogP contribution < -0.4 is 10.1 Å². The summed E-state index contributed by atoms with van der Waals surface area (Å²) in [6.07, 6.45) is 1.30. The second-order valence-corrected chi connectivity index (χ2v) is 10.6. The largest absolute Gasteiger partial charge is 0.497 e. The number of hydrogen-bond donors (Lipinski definition) is 1. The molecule has 1 aliphatic heterocycles. The number of nitrogens with zero attached hydrogens (tertiary/aromatic N) is 1. The lowest BCUT2D eigenvalue weighted by molar-refractivity contribution is -0.132. The van der Waals surface area contributed by atoms with Crippen molar-refractivity contribution in [1.29, 1.82) is 0 Å². The van der Waals surface area contributed by atoms with Gasteiger partial charge in [0.05, 0.1) is 17.4 Å². The molecular formula is C24H32N2O4S. The zero-order valence-electron chi connectivity index (χ0n) is 19.0. The van der Waals surface area contributed by atoms with Crippen LogP contribution in [0, 0.1) is 26.2 Å². The smallest absolute Gasteiger partial charge is 0.243 e. The predicted molar refractivity (Wildman–Crippen MR) is 122 cm³/mol. The Morgan fingerprint density at radius 2 is 1.74 bits per heavy atom. The summed E-state index contributed by atoms with van der Waals surface area (Å²) in [4.78, 5) is 13.4. The number of methoxy groups -OCH3 is 1. The van der Waals surface area contributed by atoms with E-state index in [1.165, 1.54) is 4.31 Å². The van der Waals surface area contributed by atoms with Gasteiger partial charge in [-0.25, -0.2) is 8.42 Å². The van der Waals surface area contributed by atoms with Gasteiger partial charge in [-0.15, -0.1) is 0 Å². The lowest BCUT2D eigenvalue weighted by Crippen LogP contribution is -2.51. The second-order valence-electron chi connectivity index (χ2n) is 8.74. The van der Waals surface area contributed by atoms with Gasteiger partial charge < -0.3 is 10.1 Å². The first kappa shape index (κ1) is 23.3. The van der Waals surface area contributed by atoms with E-state index < -0.39 is 15.4 Å². The number of sulfonamides is 1. The first-order valence-corrected chi connectivity index (χ1v) is 12.0. The summed E-state index contributed by atoms with van der Waals surface area (Å²) in [5, 5.41) is 2.99. The highest BCUT2D eigenvalue weighted by atomic mass is 32.2. The Balaban J connectivity index is 1.74. The lowest BCUT2D eigenvalue weighted by atomic mass is 9.82. The summed E-state index contributed by atoms with van der Waals surface area (Å²) in [6, 6.07) is 11.2. The molecular weight excluding hydrogens is 412 g/mol. The monoisotopic (exact) mass is 444 g/mol. The maximum absolute atomic E-state index is 13.4. The van der Waals surface area contributed by atoms with Gasteiger partial charge in [0, 0.05) is 19.6 Å². The van der Waals surface area contributed by atoms with Gasteiger partial charge in [0.1, 0.15) is 5.75 Å². The Hall–Kier alpha value is -2.38. The molecule has 2 aromatic carbocycles. The van der Waals surface area contributed by atoms with Gasteiger partial charge >= 0.3 is 0 Å². The van der Waals surface area contributed by atoms with E-state index >= 15 is 0 Å². The van der Waals surface area contributed by atoms with Crippen LogP contribution in [0.4, 0.5) is 0 Å². The van der Waals surface area contributed by atoms with Gasteiger partial charge in [-0.3, -0.25) is 4.79 Å². The topological polar surface area (TPSA) is 75.7 Å². The quantitative estimate of drug-likeness (QED) is 0.737. The Bertz CT molecular complexity index is 1060. The molecule has 0 spiro atoms. The summed E-state index contributed by atoms with van der Waals surface area (Å²) in [5.41, 5.74) is 2.94. The first-order chi connectivity index (χ1) is 14.6. The van der Waals surface area contributed by atoms with Gasteiger partial charge in [-0.1, -0.05) is 18.2 Å². The van der Waals surface area contributed by atoms with Crippen LogP contribution >= 0.6 is 0 Å². The van der Waals surface area contributed by atoms with Gasteiger partial charge in [0.15, 0.2) is 0 Å². The van der Waals surface area contributed by atoms with E-state index in [2.05, 4.69) is 5.32 Å². The van der Waals surface area contributed by atoms with Gasteiger partial charge in [-0.2, -0.15) is 4.31 Å². The molecule has 0 saturated carbocycles. The average molecular weight is 445 g/mol. The number of hydrogen-bond acceptors (Lipinski definition) is 4. The third-order valence-electron chi connectivity index (χ3n) is 6.23. The maximum atomic E-state index is 13.4. The zero-order chi connectivity index (χ0) is 22.8. The molecule has 1 heterocycles. The van der Waals surface area contributed by atoms with Crippen LogP contribution in [0.15, 0.2) is 41.3 Å². The highest BCUT2D eigenvalue weighted by Crippen LogP contribution is 2.34. The molecule has 0 aliphatic carbocycles. The van der Waals surface area contributed by atoms with E-state index in [-0.39, 0.29) is 12.5 Å². The van der Waals surface area contributed by atoms with Gasteiger partial charge in [0.25, 0.3) is 0 Å². The minimum Gasteiger partial charge on any atom is -0.497 e. The van der Waals surface area contributed by atoms with Crippen molar-refractivity contribution in [2.24, 2.45) is 5.41 Å². The number of nitrogens with one attached hydrogen (secondary N) is 1. The van der Waals surface area contributed by atoms with Crippen molar-refractivity contribution in [3.05, 3.63) is 58.7 Å². The summed E-state index contributed by atoms with van der Waals surface area (Å²) in [7, 11) is -2.06. The number of carbonyl (C=O) groups excluding carboxylic acids is 1. The van der Waals surface area contributed by atoms with Crippen molar-refractivity contribution in [3.8, 4) is 5.75 Å². The molecule has 0 unspecified atom stereocenters. The minimum absolute atomic E-state index is 0.125. The molecule has 1 amide bonds. The summed E-state index contributed by atoms with van der Waals surface area (Å²) >= 11 is 0. The normalized spacial score (nSPS) is 19.8. The lowest BCUT2D eigenvalue weighted by Gasteiger charge is -2.38. The molecule has 31 heavy (non-hydrogen) atoms. The van der Waals surface area contributed by atoms with Crippen LogP contribution in [-0.2, 0) is 21.4 Å². The summed E-state index contributed by atoms with van der Waals surface area (Å²) in [5.74, 6) is 0.636. The number of rotatable bonds is 6. The number of piperidine rings is 1. The van der Waals surface area contributed by atoms with E-state index in [1.807, 2.05) is 58.0 Å². The summed E-state index contributed by atoms with van der Waals surface area (Å²) < 4.78 is 33.4. The standard InChI is InChI=1S/C24H32N2O4S/c1-17-13-19(3)22(14-18(17)2)31(28,29)26-12-6-11-24(4,16-26)23(27)25-15-20-7-9-21(30-5)10-8-20/h7-10,13-14H,6,11-12,15-16H2,1-5H3,(H,25,27)/t24-/m1/s1. The van der Waals surface area contributed by atoms with Crippen molar-refractivity contribution in [3.63, 3.8) is 0 Å². The fraction of sp³-hybridized carbons (Fsp3) is 0.458. The van der Waals surface area contributed by atoms with Crippen molar-refractivity contribution in [1.82, 2.24) is 9.62 Å². The van der Waals surface area contributed by atoms with Crippen LogP contribution in [0.25, 0.3) is 0 Å². The van der Waals surface area contributed by atoms with E-state index in [9.17, 15) is 13.2 Å². The number of ether oxygens (including phenoxy) is 1. The van der Waals surface area contributed by atoms with Gasteiger partial charge in [-0.05, 0) is 81.0 Å². The molecule has 0 radical (unpaired) electrons. The molecule has 0 aromatic heterocycles. The average Bonchev–Trinajstić information content (AvgIpc) is 2.74. The number of benzene rings is 2. The van der Waals surface area contributed by atoms with E-state index in [0.29, 0.717) is 30.8 Å². The molecule has 1 N–H and O–H groups in total. The summed E-state index contributed by atoms with van der Waals surface area (Å²) in [6.45, 7) is 8.56. The number of aryl methyl sites for hydroxylation is 3. The first-order valence-electron chi connectivity index (χ1n) is 10.6. The van der Waals surface area contributed by atoms with Crippen molar-refractivity contribution >= 4 is 15.9 Å². The second kappa shape index (κ2) is 9.01. The zero-order valence-corrected chi connectivity index (χ0v) is 19.8. The van der Waals surface area contributed by atoms with E-state index in [0.717, 1.165) is 28.0 Å². The highest BCUT2D eigenvalue weighted by molar-refractivity contribution is 7.89. The SMILES string of the molecule is COc1ccc(CNC(=O)[C@]2(C)CCCN(S(=O)(=O)c3cc(C)c(C)cc3C)C2)cc1. The molecule has 1 aliphatic rings. The van der Waals surface area contributed by atoms with E-state index in [1.54, 1.807) is 13.2 Å². The fourth-order valence-corrected chi connectivity index (χ4v) is 5.97. The molecule has 3 rings (SSSR count). The Kier molecular flexibility index (Phi) is 6.76. The van der Waals surface area contributed by atoms with Crippen molar-refractivity contribution in [2.45, 2.75) is 52.0 Å². The Labute approximate surface area is 185 Å². The molecule has 1 saturated heterocycles. The number of carbonyl (C=O) groups is 1. The number of amides is 1. The van der Waals surface area contributed by atoms with Crippen LogP contribution in [-0.4, -0.2) is 38.8 Å². The Morgan fingerprint density at radius 3 is 2.39 bits per heavy atom. The molecule has 168 valence electrons. The minimum atomic E-state index is -3.67. The molecule has 7 heteroatoms. The molecule has 6 nitrogen and oxygen atoms in total. The van der Waals surface area contributed by atoms with Crippen molar-refractivity contribution in [2.75, 3.05) is 20.2 Å². The third-order valence-corrected chi connectivity index (χ3v) is 8.22. The third kappa shape index (κ3) is 4.93. The fourth-order valence-electron chi connectivity index (χ4n) is 4.07. The maximum Gasteiger partial charge on any atom is 0.243 e. The van der Waals surface area contributed by atoms with Crippen LogP contribution in [0.3, 0.4) is 0 Å². The van der Waals surface area contributed by atoms with Crippen molar-refractivity contribution < 1.29 is 17.9 Å². The highest BCUT2D eigenvalue weighted by Gasteiger charge is 2.42. The molecule has 1 fully saturated rings. The van der Waals surface area contributed by atoms with Crippen LogP contribution in [0.5, 0.6) is 5.75 Å². The van der Waals surface area contributed by atoms with Gasteiger partial charge in [0.2, 0.25) is 15.9 Å². The van der Waals surface area contributed by atoms with Crippen LogP contribution in [0.2, 0.25) is 0 Å². The molecule has 0 bridgehead atoms. The van der Waals surface area contributed by atoms with Crippen LogP contribution in [0.1, 0.15) is 42.0 Å². The molecule has 1 atom stereocenters. The molecule has 2 aromatic rings.